The number of nitrogens with zero attached hydrogens (tertiary/aromatic N) is 2. The largest absolute Gasteiger partial charge is 0.309 e. The molecule has 0 aliphatic heterocycles. The van der Waals surface area contributed by atoms with Crippen LogP contribution in [0.4, 0.5) is 0 Å². The van der Waals surface area contributed by atoms with E-state index in [1.807, 2.05) is 19.2 Å². The van der Waals surface area contributed by atoms with Gasteiger partial charge in [-0.05, 0) is 57.5 Å². The van der Waals surface area contributed by atoms with E-state index in [0.29, 0.717) is 23.3 Å². The Bertz CT molecular complexity index is 1200. The number of rotatable bonds is 4. The Balaban J connectivity index is 1.58. The highest BCUT2D eigenvalue weighted by Crippen LogP contribution is 2.25. The number of H-pyrrole nitrogens is 1. The minimum atomic E-state index is -0.129. The van der Waals surface area contributed by atoms with Crippen LogP contribution in [-0.2, 0) is 13.1 Å². The Hall–Kier alpha value is -2.02. The normalized spacial score (nSPS) is 11.6. The molecule has 0 radical (unpaired) electrons. The molecule has 4 nitrogen and oxygen atoms in total. The van der Waals surface area contributed by atoms with Gasteiger partial charge in [0.15, 0.2) is 0 Å². The average molecular weight is 487 g/mol. The molecule has 27 heavy (non-hydrogen) atoms. The Labute approximate surface area is 173 Å². The highest BCUT2D eigenvalue weighted by molar-refractivity contribution is 9.11. The van der Waals surface area contributed by atoms with E-state index < -0.39 is 0 Å². The van der Waals surface area contributed by atoms with Gasteiger partial charge in [-0.25, -0.2) is 4.98 Å². The SMILES string of the molecule is CN(Cc1ccc2ccccc2c1)Cc1nc2c(Br)cc(Br)cc2c(=O)[nH]1. The summed E-state index contributed by atoms with van der Waals surface area (Å²) in [6.07, 6.45) is 0. The third-order valence-corrected chi connectivity index (χ3v) is 5.53. The predicted molar refractivity (Wildman–Crippen MR) is 117 cm³/mol. The third kappa shape index (κ3) is 3.98. The standard InChI is InChI=1S/C21H17Br2N3O/c1-26(11-13-6-7-14-4-2-3-5-15(14)8-13)12-19-24-20-17(21(27)25-19)9-16(22)10-18(20)23/h2-10H,11-12H2,1H3,(H,24,25,27). The number of hydrogen-bond acceptors (Lipinski definition) is 3. The van der Waals surface area contributed by atoms with Gasteiger partial charge >= 0.3 is 0 Å². The van der Waals surface area contributed by atoms with Gasteiger partial charge in [0.2, 0.25) is 0 Å². The summed E-state index contributed by atoms with van der Waals surface area (Å²) in [5, 5.41) is 3.03. The maximum absolute atomic E-state index is 12.4. The molecular weight excluding hydrogens is 470 g/mol. The molecule has 1 heterocycles. The van der Waals surface area contributed by atoms with Crippen molar-refractivity contribution in [1.82, 2.24) is 14.9 Å². The van der Waals surface area contributed by atoms with Crippen molar-refractivity contribution in [3.05, 3.63) is 85.3 Å². The topological polar surface area (TPSA) is 49.0 Å². The lowest BCUT2D eigenvalue weighted by molar-refractivity contribution is 0.311. The van der Waals surface area contributed by atoms with Gasteiger partial charge in [0.25, 0.3) is 5.56 Å². The molecule has 1 N–H and O–H groups in total. The Kier molecular flexibility index (Phi) is 5.12. The molecule has 0 spiro atoms. The van der Waals surface area contributed by atoms with Crippen LogP contribution in [0.5, 0.6) is 0 Å². The monoisotopic (exact) mass is 485 g/mol. The minimum absolute atomic E-state index is 0.129. The van der Waals surface area contributed by atoms with Gasteiger partial charge in [0.05, 0.1) is 17.4 Å². The highest BCUT2D eigenvalue weighted by Gasteiger charge is 2.10. The van der Waals surface area contributed by atoms with Gasteiger partial charge in [-0.1, -0.05) is 52.3 Å². The molecule has 0 atom stereocenters. The van der Waals surface area contributed by atoms with Crippen molar-refractivity contribution in [2.24, 2.45) is 0 Å². The van der Waals surface area contributed by atoms with Gasteiger partial charge in [-0.2, -0.15) is 0 Å². The van der Waals surface area contributed by atoms with Gasteiger partial charge in [0, 0.05) is 15.5 Å². The van der Waals surface area contributed by atoms with E-state index >= 15 is 0 Å². The zero-order valence-electron chi connectivity index (χ0n) is 14.7. The Morgan fingerprint density at radius 2 is 1.78 bits per heavy atom. The van der Waals surface area contributed by atoms with Crippen LogP contribution in [-0.4, -0.2) is 21.9 Å². The molecule has 0 bridgehead atoms. The lowest BCUT2D eigenvalue weighted by atomic mass is 10.1. The van der Waals surface area contributed by atoms with E-state index in [9.17, 15) is 4.79 Å². The number of halogens is 2. The first-order chi connectivity index (χ1) is 13.0. The van der Waals surface area contributed by atoms with Crippen molar-refractivity contribution in [1.29, 1.82) is 0 Å². The fourth-order valence-corrected chi connectivity index (χ4v) is 4.56. The molecule has 1 aromatic heterocycles. The molecule has 0 aliphatic carbocycles. The van der Waals surface area contributed by atoms with E-state index in [1.165, 1.54) is 16.3 Å². The fraction of sp³-hybridized carbons (Fsp3) is 0.143. The first kappa shape index (κ1) is 18.3. The predicted octanol–water partition coefficient (Wildman–Crippen LogP) is 5.23. The van der Waals surface area contributed by atoms with E-state index in [-0.39, 0.29) is 5.56 Å². The Morgan fingerprint density at radius 3 is 2.59 bits per heavy atom. The average Bonchev–Trinajstić information content (AvgIpc) is 2.62. The summed E-state index contributed by atoms with van der Waals surface area (Å²) in [5.74, 6) is 0.652. The quantitative estimate of drug-likeness (QED) is 0.429. The van der Waals surface area contributed by atoms with Crippen LogP contribution < -0.4 is 5.56 Å². The number of aromatic amines is 1. The second-order valence-corrected chi connectivity index (χ2v) is 8.42. The summed E-state index contributed by atoms with van der Waals surface area (Å²) >= 11 is 6.91. The third-order valence-electron chi connectivity index (χ3n) is 4.46. The summed E-state index contributed by atoms with van der Waals surface area (Å²) in [7, 11) is 2.02. The van der Waals surface area contributed by atoms with Crippen molar-refractivity contribution in [2.45, 2.75) is 13.1 Å². The first-order valence-corrected chi connectivity index (χ1v) is 10.1. The molecule has 4 rings (SSSR count). The highest BCUT2D eigenvalue weighted by atomic mass is 79.9. The summed E-state index contributed by atoms with van der Waals surface area (Å²) in [5.41, 5.74) is 1.77. The summed E-state index contributed by atoms with van der Waals surface area (Å²) in [4.78, 5) is 22.1. The van der Waals surface area contributed by atoms with Crippen molar-refractivity contribution in [2.75, 3.05) is 7.05 Å². The molecule has 0 saturated carbocycles. The van der Waals surface area contributed by atoms with Crippen molar-refractivity contribution < 1.29 is 0 Å². The lowest BCUT2D eigenvalue weighted by Crippen LogP contribution is -2.22. The van der Waals surface area contributed by atoms with E-state index in [4.69, 9.17) is 0 Å². The van der Waals surface area contributed by atoms with E-state index in [0.717, 1.165) is 15.5 Å². The maximum atomic E-state index is 12.4. The number of aromatic nitrogens is 2. The second-order valence-electron chi connectivity index (χ2n) is 6.65. The molecule has 6 heteroatoms. The summed E-state index contributed by atoms with van der Waals surface area (Å²) < 4.78 is 1.65. The Morgan fingerprint density at radius 1 is 1.00 bits per heavy atom. The lowest BCUT2D eigenvalue weighted by Gasteiger charge is -2.17. The van der Waals surface area contributed by atoms with Gasteiger partial charge in [-0.15, -0.1) is 0 Å². The van der Waals surface area contributed by atoms with Crippen molar-refractivity contribution in [3.63, 3.8) is 0 Å². The van der Waals surface area contributed by atoms with Gasteiger partial charge < -0.3 is 4.98 Å². The van der Waals surface area contributed by atoms with Crippen molar-refractivity contribution in [3.8, 4) is 0 Å². The van der Waals surface area contributed by atoms with Crippen LogP contribution >= 0.6 is 31.9 Å². The molecule has 0 saturated heterocycles. The molecule has 136 valence electrons. The zero-order chi connectivity index (χ0) is 19.0. The second kappa shape index (κ2) is 7.54. The first-order valence-electron chi connectivity index (χ1n) is 8.54. The van der Waals surface area contributed by atoms with Crippen LogP contribution in [0.1, 0.15) is 11.4 Å². The van der Waals surface area contributed by atoms with Crippen LogP contribution in [0.2, 0.25) is 0 Å². The maximum Gasteiger partial charge on any atom is 0.258 e. The number of fused-ring (bicyclic) bond motifs is 2. The molecule has 0 amide bonds. The molecule has 4 aromatic rings. The number of hydrogen-bond donors (Lipinski definition) is 1. The molecule has 0 fully saturated rings. The molecule has 3 aromatic carbocycles. The van der Waals surface area contributed by atoms with Crippen LogP contribution in [0.15, 0.2) is 68.3 Å². The van der Waals surface area contributed by atoms with Crippen LogP contribution in [0, 0.1) is 0 Å². The minimum Gasteiger partial charge on any atom is -0.309 e. The van der Waals surface area contributed by atoms with Gasteiger partial charge in [0.1, 0.15) is 5.82 Å². The zero-order valence-corrected chi connectivity index (χ0v) is 17.8. The van der Waals surface area contributed by atoms with E-state index in [2.05, 4.69) is 83.1 Å². The van der Waals surface area contributed by atoms with Crippen LogP contribution in [0.25, 0.3) is 21.7 Å². The molecular formula is C21H17Br2N3O. The molecule has 0 unspecified atom stereocenters. The summed E-state index contributed by atoms with van der Waals surface area (Å²) in [6, 6.07) is 18.5. The number of nitrogens with one attached hydrogen (secondary N) is 1. The van der Waals surface area contributed by atoms with E-state index in [1.54, 1.807) is 6.07 Å². The van der Waals surface area contributed by atoms with Gasteiger partial charge in [-0.3, -0.25) is 9.69 Å². The van der Waals surface area contributed by atoms with Crippen LogP contribution in [0.3, 0.4) is 0 Å². The smallest absolute Gasteiger partial charge is 0.258 e. The fourth-order valence-electron chi connectivity index (χ4n) is 3.25. The summed E-state index contributed by atoms with van der Waals surface area (Å²) in [6.45, 7) is 1.33. The van der Waals surface area contributed by atoms with Crippen molar-refractivity contribution >= 4 is 53.5 Å². The molecule has 0 aliphatic rings. The number of benzene rings is 3.